The molecule has 1 rings (SSSR count). The molecule has 78 valence electrons. The SMILES string of the molecule is O=c1[nH]cc(Br)cc1COC(F)(F)F. The highest BCUT2D eigenvalue weighted by molar-refractivity contribution is 9.10. The third-order valence-electron chi connectivity index (χ3n) is 1.34. The van der Waals surface area contributed by atoms with Crippen LogP contribution in [0, 0.1) is 0 Å². The zero-order valence-corrected chi connectivity index (χ0v) is 8.28. The minimum absolute atomic E-state index is 0.0864. The third kappa shape index (κ3) is 3.51. The number of hydrogen-bond donors (Lipinski definition) is 1. The lowest BCUT2D eigenvalue weighted by Gasteiger charge is -2.06. The molecule has 0 aliphatic heterocycles. The molecule has 0 atom stereocenters. The number of nitrogens with one attached hydrogen (secondary N) is 1. The van der Waals surface area contributed by atoms with E-state index in [1.165, 1.54) is 12.3 Å². The van der Waals surface area contributed by atoms with E-state index in [-0.39, 0.29) is 5.56 Å². The van der Waals surface area contributed by atoms with Crippen molar-refractivity contribution in [1.29, 1.82) is 0 Å². The van der Waals surface area contributed by atoms with E-state index in [2.05, 4.69) is 25.7 Å². The van der Waals surface area contributed by atoms with Gasteiger partial charge in [-0.3, -0.25) is 9.53 Å². The molecular weight excluding hydrogens is 267 g/mol. The summed E-state index contributed by atoms with van der Waals surface area (Å²) in [4.78, 5) is 13.2. The van der Waals surface area contributed by atoms with Crippen LogP contribution in [-0.2, 0) is 11.3 Å². The Morgan fingerprint density at radius 1 is 1.50 bits per heavy atom. The van der Waals surface area contributed by atoms with Gasteiger partial charge in [-0.15, -0.1) is 13.2 Å². The maximum atomic E-state index is 11.6. The fraction of sp³-hybridized carbons (Fsp3) is 0.286. The summed E-state index contributed by atoms with van der Waals surface area (Å²) >= 11 is 3.01. The van der Waals surface area contributed by atoms with Crippen LogP contribution in [-0.4, -0.2) is 11.3 Å². The first-order valence-electron chi connectivity index (χ1n) is 3.46. The lowest BCUT2D eigenvalue weighted by atomic mass is 10.3. The van der Waals surface area contributed by atoms with Gasteiger partial charge in [0.15, 0.2) is 0 Å². The highest BCUT2D eigenvalue weighted by atomic mass is 79.9. The number of H-pyrrole nitrogens is 1. The van der Waals surface area contributed by atoms with Crippen LogP contribution in [0.25, 0.3) is 0 Å². The van der Waals surface area contributed by atoms with E-state index < -0.39 is 18.5 Å². The van der Waals surface area contributed by atoms with Crippen molar-refractivity contribution < 1.29 is 17.9 Å². The quantitative estimate of drug-likeness (QED) is 0.896. The molecule has 0 spiro atoms. The molecule has 0 aliphatic carbocycles. The Hall–Kier alpha value is -0.820. The van der Waals surface area contributed by atoms with Crippen LogP contribution < -0.4 is 5.56 Å². The maximum absolute atomic E-state index is 11.6. The van der Waals surface area contributed by atoms with E-state index in [1.807, 2.05) is 0 Å². The van der Waals surface area contributed by atoms with E-state index >= 15 is 0 Å². The zero-order valence-electron chi connectivity index (χ0n) is 6.69. The molecule has 1 heterocycles. The summed E-state index contributed by atoms with van der Waals surface area (Å²) in [5.41, 5.74) is -0.686. The number of rotatable bonds is 2. The molecule has 0 saturated heterocycles. The lowest BCUT2D eigenvalue weighted by molar-refractivity contribution is -0.330. The van der Waals surface area contributed by atoms with Crippen molar-refractivity contribution in [2.24, 2.45) is 0 Å². The molecule has 0 unspecified atom stereocenters. The smallest absolute Gasteiger partial charge is 0.328 e. The van der Waals surface area contributed by atoms with Crippen LogP contribution in [0.4, 0.5) is 13.2 Å². The Morgan fingerprint density at radius 2 is 2.14 bits per heavy atom. The molecule has 0 amide bonds. The molecule has 0 fully saturated rings. The van der Waals surface area contributed by atoms with Gasteiger partial charge < -0.3 is 4.98 Å². The molecule has 1 aromatic rings. The molecule has 1 N–H and O–H groups in total. The van der Waals surface area contributed by atoms with Gasteiger partial charge in [0.25, 0.3) is 5.56 Å². The molecule has 0 saturated carbocycles. The minimum atomic E-state index is -4.73. The standard InChI is InChI=1S/C7H5BrF3NO2/c8-5-1-4(6(13)12-2-5)3-14-7(9,10)11/h1-2H,3H2,(H,12,13). The predicted molar refractivity (Wildman–Crippen MR) is 45.6 cm³/mol. The van der Waals surface area contributed by atoms with E-state index in [0.29, 0.717) is 4.47 Å². The summed E-state index contributed by atoms with van der Waals surface area (Å²) in [6.07, 6.45) is -3.39. The van der Waals surface area contributed by atoms with Crippen molar-refractivity contribution in [3.8, 4) is 0 Å². The molecule has 3 nitrogen and oxygen atoms in total. The predicted octanol–water partition coefficient (Wildman–Crippen LogP) is 2.17. The molecule has 7 heteroatoms. The van der Waals surface area contributed by atoms with Crippen molar-refractivity contribution in [3.05, 3.63) is 32.7 Å². The van der Waals surface area contributed by atoms with Gasteiger partial charge in [0.1, 0.15) is 0 Å². The molecule has 0 aliphatic rings. The van der Waals surface area contributed by atoms with Gasteiger partial charge in [0.05, 0.1) is 6.61 Å². The van der Waals surface area contributed by atoms with Crippen molar-refractivity contribution in [3.63, 3.8) is 0 Å². The second kappa shape index (κ2) is 4.14. The Morgan fingerprint density at radius 3 is 2.71 bits per heavy atom. The minimum Gasteiger partial charge on any atom is -0.328 e. The molecule has 1 aromatic heterocycles. The van der Waals surface area contributed by atoms with Crippen LogP contribution in [0.1, 0.15) is 5.56 Å². The maximum Gasteiger partial charge on any atom is 0.522 e. The third-order valence-corrected chi connectivity index (χ3v) is 1.79. The Kier molecular flexibility index (Phi) is 3.33. The summed E-state index contributed by atoms with van der Waals surface area (Å²) in [6.45, 7) is -0.793. The largest absolute Gasteiger partial charge is 0.522 e. The summed E-state index contributed by atoms with van der Waals surface area (Å²) in [6, 6.07) is 1.27. The van der Waals surface area contributed by atoms with Gasteiger partial charge in [-0.2, -0.15) is 0 Å². The molecule has 0 bridgehead atoms. The lowest BCUT2D eigenvalue weighted by Crippen LogP contribution is -2.18. The van der Waals surface area contributed by atoms with E-state index in [4.69, 9.17) is 0 Å². The number of halogens is 4. The second-order valence-corrected chi connectivity index (χ2v) is 3.32. The molecule has 14 heavy (non-hydrogen) atoms. The van der Waals surface area contributed by atoms with Crippen molar-refractivity contribution in [2.75, 3.05) is 0 Å². The van der Waals surface area contributed by atoms with Crippen molar-refractivity contribution in [2.45, 2.75) is 13.0 Å². The van der Waals surface area contributed by atoms with Crippen LogP contribution in [0.15, 0.2) is 21.5 Å². The highest BCUT2D eigenvalue weighted by Crippen LogP contribution is 2.18. The average molecular weight is 272 g/mol. The van der Waals surface area contributed by atoms with Gasteiger partial charge in [-0.1, -0.05) is 0 Å². The first kappa shape index (κ1) is 11.3. The fourth-order valence-electron chi connectivity index (χ4n) is 0.768. The summed E-state index contributed by atoms with van der Waals surface area (Å²) in [5, 5.41) is 0. The monoisotopic (exact) mass is 271 g/mol. The molecule has 0 radical (unpaired) electrons. The average Bonchev–Trinajstić information content (AvgIpc) is 2.05. The van der Waals surface area contributed by atoms with Crippen LogP contribution in [0.5, 0.6) is 0 Å². The summed E-state index contributed by atoms with van der Waals surface area (Å²) < 4.78 is 38.9. The van der Waals surface area contributed by atoms with Crippen LogP contribution >= 0.6 is 15.9 Å². The summed E-state index contributed by atoms with van der Waals surface area (Å²) in [5.74, 6) is 0. The fourth-order valence-corrected chi connectivity index (χ4v) is 1.16. The Balaban J connectivity index is 2.77. The normalized spacial score (nSPS) is 11.7. The number of ether oxygens (including phenoxy) is 1. The molecular formula is C7H5BrF3NO2. The first-order chi connectivity index (χ1) is 6.38. The second-order valence-electron chi connectivity index (χ2n) is 2.41. The van der Waals surface area contributed by atoms with Crippen LogP contribution in [0.3, 0.4) is 0 Å². The Labute approximate surface area is 85.0 Å². The van der Waals surface area contributed by atoms with Gasteiger partial charge in [-0.05, 0) is 22.0 Å². The topological polar surface area (TPSA) is 42.1 Å². The number of hydrogen-bond acceptors (Lipinski definition) is 2. The van der Waals surface area contributed by atoms with E-state index in [0.717, 1.165) is 0 Å². The van der Waals surface area contributed by atoms with Gasteiger partial charge in [-0.25, -0.2) is 0 Å². The van der Waals surface area contributed by atoms with Gasteiger partial charge >= 0.3 is 6.36 Å². The highest BCUT2D eigenvalue weighted by Gasteiger charge is 2.29. The van der Waals surface area contributed by atoms with E-state index in [1.54, 1.807) is 0 Å². The first-order valence-corrected chi connectivity index (χ1v) is 4.25. The van der Waals surface area contributed by atoms with Gasteiger partial charge in [0, 0.05) is 16.2 Å². The zero-order chi connectivity index (χ0) is 10.8. The Bertz CT molecular complexity index is 374. The van der Waals surface area contributed by atoms with Crippen molar-refractivity contribution >= 4 is 15.9 Å². The number of aromatic amines is 1. The number of pyridine rings is 1. The number of aromatic nitrogens is 1. The molecule has 0 aromatic carbocycles. The van der Waals surface area contributed by atoms with Gasteiger partial charge in [0.2, 0.25) is 0 Å². The van der Waals surface area contributed by atoms with Crippen molar-refractivity contribution in [1.82, 2.24) is 4.98 Å². The summed E-state index contributed by atoms with van der Waals surface area (Å²) in [7, 11) is 0. The van der Waals surface area contributed by atoms with E-state index in [9.17, 15) is 18.0 Å². The van der Waals surface area contributed by atoms with Crippen LogP contribution in [0.2, 0.25) is 0 Å². The number of alkyl halides is 3.